The Morgan fingerprint density at radius 1 is 1.05 bits per heavy atom. The molecular formula is C28H29N5O4S2. The number of rotatable bonds is 9. The number of amides is 1. The normalized spacial score (nSPS) is 15.2. The lowest BCUT2D eigenvalue weighted by atomic mass is 10.0. The van der Waals surface area contributed by atoms with Crippen LogP contribution in [0.4, 0.5) is 0 Å². The highest BCUT2D eigenvalue weighted by atomic mass is 32.2. The summed E-state index contributed by atoms with van der Waals surface area (Å²) in [4.78, 5) is 17.6. The number of ether oxygens (including phenoxy) is 1. The number of aromatic nitrogens is 1. The van der Waals surface area contributed by atoms with Gasteiger partial charge in [0.1, 0.15) is 10.8 Å². The number of amidine groups is 1. The van der Waals surface area contributed by atoms with Crippen molar-refractivity contribution in [2.45, 2.75) is 36.2 Å². The Hall–Kier alpha value is -3.64. The molecule has 3 aromatic carbocycles. The maximum Gasteiger partial charge on any atom is 0.251 e. The summed E-state index contributed by atoms with van der Waals surface area (Å²) in [6.07, 6.45) is 1.74. The van der Waals surface area contributed by atoms with Gasteiger partial charge in [-0.05, 0) is 61.2 Å². The third kappa shape index (κ3) is 6.51. The first kappa shape index (κ1) is 26.9. The van der Waals surface area contributed by atoms with Gasteiger partial charge in [0.2, 0.25) is 10.0 Å². The molecule has 0 radical (unpaired) electrons. The lowest BCUT2D eigenvalue weighted by Gasteiger charge is -2.23. The van der Waals surface area contributed by atoms with Crippen molar-refractivity contribution in [3.05, 3.63) is 94.5 Å². The van der Waals surface area contributed by atoms with Gasteiger partial charge in [-0.3, -0.25) is 10.2 Å². The molecule has 1 fully saturated rings. The number of benzene rings is 3. The molecule has 1 amide bonds. The van der Waals surface area contributed by atoms with Gasteiger partial charge in [0.05, 0.1) is 21.2 Å². The van der Waals surface area contributed by atoms with E-state index in [2.05, 4.69) is 10.0 Å². The molecule has 1 atom stereocenters. The first-order valence-corrected chi connectivity index (χ1v) is 14.9. The molecule has 1 aromatic heterocycles. The van der Waals surface area contributed by atoms with Crippen LogP contribution in [0.2, 0.25) is 0 Å². The summed E-state index contributed by atoms with van der Waals surface area (Å²) < 4.78 is 36.4. The second-order valence-corrected chi connectivity index (χ2v) is 12.2. The summed E-state index contributed by atoms with van der Waals surface area (Å²) in [5.41, 5.74) is 8.09. The quantitative estimate of drug-likeness (QED) is 0.180. The monoisotopic (exact) mass is 563 g/mol. The fourth-order valence-corrected chi connectivity index (χ4v) is 6.83. The van der Waals surface area contributed by atoms with Crippen molar-refractivity contribution in [1.82, 2.24) is 15.0 Å². The molecule has 5 N–H and O–H groups in total. The van der Waals surface area contributed by atoms with Gasteiger partial charge in [0.25, 0.3) is 5.91 Å². The summed E-state index contributed by atoms with van der Waals surface area (Å²) in [6, 6.07) is 20.1. The van der Waals surface area contributed by atoms with Crippen LogP contribution in [0.1, 0.15) is 45.4 Å². The smallest absolute Gasteiger partial charge is 0.251 e. The van der Waals surface area contributed by atoms with E-state index in [-0.39, 0.29) is 28.2 Å². The van der Waals surface area contributed by atoms with E-state index in [1.165, 1.54) is 23.5 Å². The SMILES string of the molecule is N=C(N)c1cccc(CC(NS(=O)(=O)c2cccc(C(=O)NC3CCOCC3)c2)c2nc3ccccc3s2)c1. The van der Waals surface area contributed by atoms with Crippen molar-refractivity contribution < 1.29 is 17.9 Å². The Balaban J connectivity index is 1.43. The molecule has 4 aromatic rings. The Labute approximate surface area is 231 Å². The molecule has 1 unspecified atom stereocenters. The lowest BCUT2D eigenvalue weighted by molar-refractivity contribution is 0.0696. The fraction of sp³-hybridized carbons (Fsp3) is 0.250. The Bertz CT molecular complexity index is 1580. The van der Waals surface area contributed by atoms with Crippen LogP contribution in [0.3, 0.4) is 0 Å². The van der Waals surface area contributed by atoms with Crippen molar-refractivity contribution >= 4 is 43.3 Å². The molecule has 0 spiro atoms. The van der Waals surface area contributed by atoms with Gasteiger partial charge in [0, 0.05) is 30.4 Å². The molecule has 11 heteroatoms. The van der Waals surface area contributed by atoms with Crippen LogP contribution in [0, 0.1) is 5.41 Å². The minimum atomic E-state index is -4.03. The molecule has 9 nitrogen and oxygen atoms in total. The zero-order valence-electron chi connectivity index (χ0n) is 21.1. The molecule has 0 saturated carbocycles. The van der Waals surface area contributed by atoms with E-state index < -0.39 is 16.1 Å². The number of nitrogen functional groups attached to an aromatic ring is 1. The van der Waals surface area contributed by atoms with Crippen LogP contribution in [-0.4, -0.2) is 44.4 Å². The zero-order valence-corrected chi connectivity index (χ0v) is 22.7. The molecule has 1 aliphatic rings. The summed E-state index contributed by atoms with van der Waals surface area (Å²) in [6.45, 7) is 1.18. The molecule has 1 aliphatic heterocycles. The number of carbonyl (C=O) groups excluding carboxylic acids is 1. The minimum Gasteiger partial charge on any atom is -0.384 e. The van der Waals surface area contributed by atoms with E-state index in [0.717, 1.165) is 28.6 Å². The lowest BCUT2D eigenvalue weighted by Crippen LogP contribution is -2.39. The Morgan fingerprint density at radius 3 is 2.56 bits per heavy atom. The van der Waals surface area contributed by atoms with E-state index in [1.54, 1.807) is 30.3 Å². The molecule has 202 valence electrons. The number of hydrogen-bond acceptors (Lipinski definition) is 7. The van der Waals surface area contributed by atoms with Gasteiger partial charge in [-0.1, -0.05) is 36.4 Å². The predicted molar refractivity (Wildman–Crippen MR) is 152 cm³/mol. The topological polar surface area (TPSA) is 147 Å². The van der Waals surface area contributed by atoms with Gasteiger partial charge in [0.15, 0.2) is 0 Å². The van der Waals surface area contributed by atoms with Crippen molar-refractivity contribution in [1.29, 1.82) is 5.41 Å². The van der Waals surface area contributed by atoms with Crippen molar-refractivity contribution in [2.24, 2.45) is 5.73 Å². The molecule has 0 aliphatic carbocycles. The molecule has 2 heterocycles. The summed E-state index contributed by atoms with van der Waals surface area (Å²) >= 11 is 1.42. The number of thiazole rings is 1. The summed E-state index contributed by atoms with van der Waals surface area (Å²) in [7, 11) is -4.03. The number of nitrogens with zero attached hydrogens (tertiary/aromatic N) is 1. The molecule has 1 saturated heterocycles. The van der Waals surface area contributed by atoms with Crippen LogP contribution >= 0.6 is 11.3 Å². The largest absolute Gasteiger partial charge is 0.384 e. The third-order valence-electron chi connectivity index (χ3n) is 6.55. The predicted octanol–water partition coefficient (Wildman–Crippen LogP) is 3.75. The maximum absolute atomic E-state index is 13.6. The standard InChI is InChI=1S/C28H29N5O4S2/c29-26(30)19-6-3-5-18(15-19)16-24(28-32-23-9-1-2-10-25(23)38-28)33-39(35,36)22-8-4-7-20(17-22)27(34)31-21-11-13-37-14-12-21/h1-10,15,17,21,24,33H,11-14,16H2,(H3,29,30)(H,31,34). The summed E-state index contributed by atoms with van der Waals surface area (Å²) in [5, 5.41) is 11.3. The highest BCUT2D eigenvalue weighted by Crippen LogP contribution is 2.30. The number of para-hydroxylation sites is 1. The molecular weight excluding hydrogens is 534 g/mol. The number of fused-ring (bicyclic) bond motifs is 1. The zero-order chi connectivity index (χ0) is 27.4. The highest BCUT2D eigenvalue weighted by molar-refractivity contribution is 7.89. The van der Waals surface area contributed by atoms with E-state index >= 15 is 0 Å². The van der Waals surface area contributed by atoms with Crippen molar-refractivity contribution in [2.75, 3.05) is 13.2 Å². The van der Waals surface area contributed by atoms with Crippen LogP contribution in [0.5, 0.6) is 0 Å². The van der Waals surface area contributed by atoms with E-state index in [0.29, 0.717) is 30.2 Å². The van der Waals surface area contributed by atoms with E-state index in [9.17, 15) is 13.2 Å². The second kappa shape index (κ2) is 11.6. The van der Waals surface area contributed by atoms with Crippen molar-refractivity contribution in [3.63, 3.8) is 0 Å². The number of sulfonamides is 1. The molecule has 0 bridgehead atoms. The average molecular weight is 564 g/mol. The minimum absolute atomic E-state index is 0.00109. The number of carbonyl (C=O) groups is 1. The third-order valence-corrected chi connectivity index (χ3v) is 9.17. The van der Waals surface area contributed by atoms with Crippen LogP contribution in [0.15, 0.2) is 77.7 Å². The van der Waals surface area contributed by atoms with Gasteiger partial charge < -0.3 is 15.8 Å². The number of hydrogen-bond donors (Lipinski definition) is 4. The highest BCUT2D eigenvalue weighted by Gasteiger charge is 2.26. The number of nitrogens with two attached hydrogens (primary N) is 1. The first-order chi connectivity index (χ1) is 18.8. The molecule has 5 rings (SSSR count). The van der Waals surface area contributed by atoms with Gasteiger partial charge >= 0.3 is 0 Å². The van der Waals surface area contributed by atoms with Crippen LogP contribution in [-0.2, 0) is 21.2 Å². The van der Waals surface area contributed by atoms with Gasteiger partial charge in [-0.25, -0.2) is 18.1 Å². The molecule has 39 heavy (non-hydrogen) atoms. The fourth-order valence-electron chi connectivity index (χ4n) is 4.49. The van der Waals surface area contributed by atoms with Gasteiger partial charge in [-0.15, -0.1) is 11.3 Å². The average Bonchev–Trinajstić information content (AvgIpc) is 3.38. The number of nitrogens with one attached hydrogen (secondary N) is 3. The van der Waals surface area contributed by atoms with E-state index in [4.69, 9.17) is 20.9 Å². The Kier molecular flexibility index (Phi) is 8.03. The Morgan fingerprint density at radius 2 is 1.79 bits per heavy atom. The maximum atomic E-state index is 13.6. The van der Waals surface area contributed by atoms with E-state index in [1.807, 2.05) is 30.3 Å². The van der Waals surface area contributed by atoms with Crippen LogP contribution < -0.4 is 15.8 Å². The van der Waals surface area contributed by atoms with Crippen molar-refractivity contribution in [3.8, 4) is 0 Å². The van der Waals surface area contributed by atoms with Crippen LogP contribution in [0.25, 0.3) is 10.2 Å². The first-order valence-electron chi connectivity index (χ1n) is 12.6. The summed E-state index contributed by atoms with van der Waals surface area (Å²) in [5.74, 6) is -0.382. The van der Waals surface area contributed by atoms with Gasteiger partial charge in [-0.2, -0.15) is 0 Å². The second-order valence-electron chi connectivity index (χ2n) is 9.40.